The number of fused-ring (bicyclic) bond motifs is 1. The normalized spacial score (nSPS) is 16.4. The number of nitrogens with two attached hydrogens (primary N) is 1. The molecule has 0 atom stereocenters. The van der Waals surface area contributed by atoms with Crippen molar-refractivity contribution in [2.24, 2.45) is 0 Å². The lowest BCUT2D eigenvalue weighted by Crippen LogP contribution is -2.36. The van der Waals surface area contributed by atoms with Crippen LogP contribution in [0.15, 0.2) is 18.6 Å². The van der Waals surface area contributed by atoms with Crippen molar-refractivity contribution < 1.29 is 4.74 Å². The average Bonchev–Trinajstić information content (AvgIpc) is 2.39. The quantitative estimate of drug-likeness (QED) is 0.767. The molecule has 6 heteroatoms. The van der Waals surface area contributed by atoms with Crippen LogP contribution in [-0.2, 0) is 4.74 Å². The van der Waals surface area contributed by atoms with Crippen LogP contribution >= 0.6 is 0 Å². The molecule has 0 saturated carbocycles. The standard InChI is InChI=1S/C11H13N5O/c12-10-5-9-8(6-13-10)11(15-7-14-9)16-1-3-17-4-2-16/h5-7H,1-4H2,(H2,12,13). The van der Waals surface area contributed by atoms with Gasteiger partial charge in [0.05, 0.1) is 24.1 Å². The minimum Gasteiger partial charge on any atom is -0.384 e. The first kappa shape index (κ1) is 10.2. The molecule has 2 aromatic rings. The van der Waals surface area contributed by atoms with E-state index in [1.165, 1.54) is 0 Å². The van der Waals surface area contributed by atoms with E-state index in [9.17, 15) is 0 Å². The van der Waals surface area contributed by atoms with Crippen molar-refractivity contribution in [3.05, 3.63) is 18.6 Å². The molecule has 0 unspecified atom stereocenters. The number of hydrogen-bond donors (Lipinski definition) is 1. The second kappa shape index (κ2) is 4.14. The van der Waals surface area contributed by atoms with E-state index in [-0.39, 0.29) is 0 Å². The number of rotatable bonds is 1. The molecule has 2 N–H and O–H groups in total. The van der Waals surface area contributed by atoms with Gasteiger partial charge in [-0.1, -0.05) is 0 Å². The Morgan fingerprint density at radius 2 is 2.00 bits per heavy atom. The van der Waals surface area contributed by atoms with Crippen molar-refractivity contribution in [2.45, 2.75) is 0 Å². The summed E-state index contributed by atoms with van der Waals surface area (Å²) < 4.78 is 5.33. The minimum absolute atomic E-state index is 0.476. The highest BCUT2D eigenvalue weighted by molar-refractivity contribution is 5.89. The summed E-state index contributed by atoms with van der Waals surface area (Å²) in [6.45, 7) is 3.15. The zero-order chi connectivity index (χ0) is 11.7. The molecule has 17 heavy (non-hydrogen) atoms. The Morgan fingerprint density at radius 3 is 2.82 bits per heavy atom. The molecule has 1 fully saturated rings. The summed E-state index contributed by atoms with van der Waals surface area (Å²) in [6.07, 6.45) is 3.29. The molecule has 3 rings (SSSR count). The largest absolute Gasteiger partial charge is 0.384 e. The van der Waals surface area contributed by atoms with Gasteiger partial charge in [0.15, 0.2) is 0 Å². The van der Waals surface area contributed by atoms with Crippen LogP contribution in [0, 0.1) is 0 Å². The molecule has 3 heterocycles. The van der Waals surface area contributed by atoms with Crippen molar-refractivity contribution in [3.8, 4) is 0 Å². The second-order valence-electron chi connectivity index (χ2n) is 3.92. The van der Waals surface area contributed by atoms with Crippen LogP contribution in [-0.4, -0.2) is 41.3 Å². The number of nitrogens with zero attached hydrogens (tertiary/aromatic N) is 4. The number of ether oxygens (including phenoxy) is 1. The van der Waals surface area contributed by atoms with Gasteiger partial charge in [0, 0.05) is 25.4 Å². The third kappa shape index (κ3) is 1.87. The zero-order valence-electron chi connectivity index (χ0n) is 9.33. The first-order valence-corrected chi connectivity index (χ1v) is 5.53. The van der Waals surface area contributed by atoms with Gasteiger partial charge in [0.2, 0.25) is 0 Å². The fraction of sp³-hybridized carbons (Fsp3) is 0.364. The Kier molecular flexibility index (Phi) is 2.49. The predicted octanol–water partition coefficient (Wildman–Crippen LogP) is 0.444. The van der Waals surface area contributed by atoms with Gasteiger partial charge in [-0.15, -0.1) is 0 Å². The Morgan fingerprint density at radius 1 is 1.18 bits per heavy atom. The molecule has 1 aliphatic rings. The van der Waals surface area contributed by atoms with Gasteiger partial charge in [0.25, 0.3) is 0 Å². The summed E-state index contributed by atoms with van der Waals surface area (Å²) in [5.41, 5.74) is 6.48. The second-order valence-corrected chi connectivity index (χ2v) is 3.92. The summed E-state index contributed by atoms with van der Waals surface area (Å²) in [4.78, 5) is 14.8. The van der Waals surface area contributed by atoms with Crippen LogP contribution in [0.4, 0.5) is 11.6 Å². The Labute approximate surface area is 98.4 Å². The molecule has 88 valence electrons. The van der Waals surface area contributed by atoms with E-state index in [0.717, 1.165) is 43.0 Å². The van der Waals surface area contributed by atoms with E-state index < -0.39 is 0 Å². The topological polar surface area (TPSA) is 77.2 Å². The lowest BCUT2D eigenvalue weighted by atomic mass is 10.2. The van der Waals surface area contributed by atoms with Crippen LogP contribution in [0.1, 0.15) is 0 Å². The summed E-state index contributed by atoms with van der Waals surface area (Å²) in [7, 11) is 0. The smallest absolute Gasteiger partial charge is 0.141 e. The van der Waals surface area contributed by atoms with Crippen LogP contribution < -0.4 is 10.6 Å². The molecule has 0 spiro atoms. The maximum Gasteiger partial charge on any atom is 0.141 e. The van der Waals surface area contributed by atoms with Gasteiger partial charge in [-0.2, -0.15) is 0 Å². The number of morpholine rings is 1. The fourth-order valence-electron chi connectivity index (χ4n) is 1.98. The maximum atomic E-state index is 5.65. The van der Waals surface area contributed by atoms with Crippen LogP contribution in [0.3, 0.4) is 0 Å². The molecular formula is C11H13N5O. The number of aromatic nitrogens is 3. The highest BCUT2D eigenvalue weighted by Gasteiger charge is 2.15. The van der Waals surface area contributed by atoms with Gasteiger partial charge < -0.3 is 15.4 Å². The minimum atomic E-state index is 0.476. The summed E-state index contributed by atoms with van der Waals surface area (Å²) in [6, 6.07) is 1.76. The number of hydrogen-bond acceptors (Lipinski definition) is 6. The molecule has 0 amide bonds. The molecule has 1 aliphatic heterocycles. The third-order valence-electron chi connectivity index (χ3n) is 2.83. The van der Waals surface area contributed by atoms with Gasteiger partial charge in [-0.3, -0.25) is 0 Å². The fourth-order valence-corrected chi connectivity index (χ4v) is 1.98. The van der Waals surface area contributed by atoms with Gasteiger partial charge in [0.1, 0.15) is 18.0 Å². The Balaban J connectivity index is 2.09. The predicted molar refractivity (Wildman–Crippen MR) is 64.8 cm³/mol. The molecule has 0 aromatic carbocycles. The molecule has 0 aliphatic carbocycles. The third-order valence-corrected chi connectivity index (χ3v) is 2.83. The van der Waals surface area contributed by atoms with Crippen molar-refractivity contribution in [1.82, 2.24) is 15.0 Å². The SMILES string of the molecule is Nc1cc2ncnc(N3CCOCC3)c2cn1. The zero-order valence-corrected chi connectivity index (χ0v) is 9.33. The number of nitrogen functional groups attached to an aromatic ring is 1. The number of pyridine rings is 1. The first-order valence-electron chi connectivity index (χ1n) is 5.53. The van der Waals surface area contributed by atoms with E-state index in [1.54, 1.807) is 18.6 Å². The molecular weight excluding hydrogens is 218 g/mol. The van der Waals surface area contributed by atoms with Crippen molar-refractivity contribution in [2.75, 3.05) is 36.9 Å². The van der Waals surface area contributed by atoms with Gasteiger partial charge >= 0.3 is 0 Å². The summed E-state index contributed by atoms with van der Waals surface area (Å²) >= 11 is 0. The van der Waals surface area contributed by atoms with Gasteiger partial charge in [-0.25, -0.2) is 15.0 Å². The first-order chi connectivity index (χ1) is 8.34. The molecule has 1 saturated heterocycles. The molecule has 0 bridgehead atoms. The van der Waals surface area contributed by atoms with Crippen LogP contribution in [0.2, 0.25) is 0 Å². The van der Waals surface area contributed by atoms with Crippen LogP contribution in [0.5, 0.6) is 0 Å². The lowest BCUT2D eigenvalue weighted by molar-refractivity contribution is 0.122. The molecule has 0 radical (unpaired) electrons. The average molecular weight is 231 g/mol. The van der Waals surface area contributed by atoms with Crippen molar-refractivity contribution in [3.63, 3.8) is 0 Å². The van der Waals surface area contributed by atoms with Crippen molar-refractivity contribution >= 4 is 22.5 Å². The summed E-state index contributed by atoms with van der Waals surface area (Å²) in [5.74, 6) is 1.38. The number of anilines is 2. The molecule has 6 nitrogen and oxygen atoms in total. The van der Waals surface area contributed by atoms with E-state index in [2.05, 4.69) is 19.9 Å². The van der Waals surface area contributed by atoms with Gasteiger partial charge in [-0.05, 0) is 0 Å². The van der Waals surface area contributed by atoms with Crippen molar-refractivity contribution in [1.29, 1.82) is 0 Å². The van der Waals surface area contributed by atoms with E-state index in [1.807, 2.05) is 0 Å². The highest BCUT2D eigenvalue weighted by atomic mass is 16.5. The van der Waals surface area contributed by atoms with E-state index >= 15 is 0 Å². The molecule has 2 aromatic heterocycles. The van der Waals surface area contributed by atoms with Crippen LogP contribution in [0.25, 0.3) is 10.9 Å². The monoisotopic (exact) mass is 231 g/mol. The van der Waals surface area contributed by atoms with E-state index in [4.69, 9.17) is 10.5 Å². The highest BCUT2D eigenvalue weighted by Crippen LogP contribution is 2.23. The van der Waals surface area contributed by atoms with E-state index in [0.29, 0.717) is 5.82 Å². The lowest BCUT2D eigenvalue weighted by Gasteiger charge is -2.28. The summed E-state index contributed by atoms with van der Waals surface area (Å²) in [5, 5.41) is 0.934. The maximum absolute atomic E-state index is 5.65. The Hall–Kier alpha value is -1.95. The Bertz CT molecular complexity index is 538.